The Bertz CT molecular complexity index is 654. The van der Waals surface area contributed by atoms with E-state index in [0.717, 1.165) is 27.2 Å². The van der Waals surface area contributed by atoms with Crippen molar-refractivity contribution < 1.29 is 9.52 Å². The Morgan fingerprint density at radius 1 is 1.35 bits per heavy atom. The lowest BCUT2D eigenvalue weighted by Crippen LogP contribution is -1.88. The van der Waals surface area contributed by atoms with Gasteiger partial charge in [-0.3, -0.25) is 0 Å². The maximum Gasteiger partial charge on any atom is 0.134 e. The first-order valence-corrected chi connectivity index (χ1v) is 6.24. The number of thiazole rings is 1. The van der Waals surface area contributed by atoms with E-state index in [-0.39, 0.29) is 0 Å². The van der Waals surface area contributed by atoms with Crippen LogP contribution in [-0.4, -0.2) is 10.1 Å². The third-order valence-electron chi connectivity index (χ3n) is 2.64. The SMILES string of the molecule is CC(O)c1nc(-c2coc3ccccc23)cs1. The molecular formula is C13H11NO2S. The molecule has 1 N–H and O–H groups in total. The number of benzene rings is 1. The predicted molar refractivity (Wildman–Crippen MR) is 68.0 cm³/mol. The lowest BCUT2D eigenvalue weighted by Gasteiger charge is -1.96. The highest BCUT2D eigenvalue weighted by Crippen LogP contribution is 2.32. The summed E-state index contributed by atoms with van der Waals surface area (Å²) in [5.41, 5.74) is 2.69. The second-order valence-electron chi connectivity index (χ2n) is 3.89. The molecule has 0 bridgehead atoms. The van der Waals surface area contributed by atoms with Crippen LogP contribution in [0.15, 0.2) is 40.3 Å². The first-order chi connectivity index (χ1) is 8.25. The van der Waals surface area contributed by atoms with Crippen molar-refractivity contribution >= 4 is 22.3 Å². The number of aromatic nitrogens is 1. The number of furan rings is 1. The molecule has 3 nitrogen and oxygen atoms in total. The van der Waals surface area contributed by atoms with E-state index in [1.807, 2.05) is 29.6 Å². The van der Waals surface area contributed by atoms with E-state index in [4.69, 9.17) is 4.42 Å². The number of rotatable bonds is 2. The Morgan fingerprint density at radius 3 is 2.94 bits per heavy atom. The topological polar surface area (TPSA) is 46.3 Å². The van der Waals surface area contributed by atoms with Crippen LogP contribution in [0.3, 0.4) is 0 Å². The second kappa shape index (κ2) is 3.98. The molecule has 0 radical (unpaired) electrons. The molecule has 2 heterocycles. The van der Waals surface area contributed by atoms with Crippen molar-refractivity contribution in [2.24, 2.45) is 0 Å². The van der Waals surface area contributed by atoms with Crippen molar-refractivity contribution in [3.8, 4) is 11.3 Å². The zero-order valence-corrected chi connectivity index (χ0v) is 10.1. The van der Waals surface area contributed by atoms with Crippen molar-refractivity contribution in [3.63, 3.8) is 0 Å². The minimum absolute atomic E-state index is 0.521. The summed E-state index contributed by atoms with van der Waals surface area (Å²) in [7, 11) is 0. The maximum absolute atomic E-state index is 9.47. The largest absolute Gasteiger partial charge is 0.464 e. The van der Waals surface area contributed by atoms with Gasteiger partial charge in [0.25, 0.3) is 0 Å². The normalized spacial score (nSPS) is 13.1. The summed E-state index contributed by atoms with van der Waals surface area (Å²) in [5.74, 6) is 0. The van der Waals surface area contributed by atoms with Crippen molar-refractivity contribution in [1.29, 1.82) is 0 Å². The van der Waals surface area contributed by atoms with E-state index in [0.29, 0.717) is 0 Å². The summed E-state index contributed by atoms with van der Waals surface area (Å²) >= 11 is 1.46. The molecule has 0 fully saturated rings. The minimum Gasteiger partial charge on any atom is -0.464 e. The van der Waals surface area contributed by atoms with E-state index in [2.05, 4.69) is 4.98 Å². The lowest BCUT2D eigenvalue weighted by atomic mass is 10.1. The van der Waals surface area contributed by atoms with Crippen LogP contribution >= 0.6 is 11.3 Å². The molecule has 0 aliphatic rings. The number of hydrogen-bond acceptors (Lipinski definition) is 4. The van der Waals surface area contributed by atoms with Crippen LogP contribution in [0.4, 0.5) is 0 Å². The molecule has 1 aromatic carbocycles. The van der Waals surface area contributed by atoms with Gasteiger partial charge in [-0.25, -0.2) is 4.98 Å². The highest BCUT2D eigenvalue weighted by Gasteiger charge is 2.12. The van der Waals surface area contributed by atoms with E-state index >= 15 is 0 Å². The Morgan fingerprint density at radius 2 is 2.18 bits per heavy atom. The maximum atomic E-state index is 9.47. The molecule has 2 aromatic heterocycles. The summed E-state index contributed by atoms with van der Waals surface area (Å²) in [4.78, 5) is 4.41. The van der Waals surface area contributed by atoms with E-state index in [1.165, 1.54) is 11.3 Å². The second-order valence-corrected chi connectivity index (χ2v) is 4.78. The molecule has 0 saturated heterocycles. The molecule has 0 saturated carbocycles. The van der Waals surface area contributed by atoms with Crippen LogP contribution in [0, 0.1) is 0 Å². The van der Waals surface area contributed by atoms with Gasteiger partial charge in [0, 0.05) is 16.3 Å². The summed E-state index contributed by atoms with van der Waals surface area (Å²) < 4.78 is 5.48. The minimum atomic E-state index is -0.521. The molecule has 0 aliphatic carbocycles. The van der Waals surface area contributed by atoms with Gasteiger partial charge < -0.3 is 9.52 Å². The monoisotopic (exact) mass is 245 g/mol. The van der Waals surface area contributed by atoms with Crippen molar-refractivity contribution in [2.75, 3.05) is 0 Å². The van der Waals surface area contributed by atoms with Crippen LogP contribution in [0.1, 0.15) is 18.0 Å². The summed E-state index contributed by atoms with van der Waals surface area (Å²) in [5, 5.41) is 13.2. The average molecular weight is 245 g/mol. The van der Waals surface area contributed by atoms with Gasteiger partial charge in [0.2, 0.25) is 0 Å². The van der Waals surface area contributed by atoms with Crippen molar-refractivity contribution in [1.82, 2.24) is 4.98 Å². The third kappa shape index (κ3) is 1.75. The molecule has 3 rings (SSSR count). The zero-order valence-electron chi connectivity index (χ0n) is 9.25. The molecular weight excluding hydrogens is 234 g/mol. The van der Waals surface area contributed by atoms with Gasteiger partial charge in [0.1, 0.15) is 23.0 Å². The molecule has 0 spiro atoms. The fourth-order valence-corrected chi connectivity index (χ4v) is 2.54. The fraction of sp³-hybridized carbons (Fsp3) is 0.154. The number of fused-ring (bicyclic) bond motifs is 1. The Balaban J connectivity index is 2.14. The molecule has 0 aliphatic heterocycles. The molecule has 0 amide bonds. The van der Waals surface area contributed by atoms with E-state index in [9.17, 15) is 5.11 Å². The first-order valence-electron chi connectivity index (χ1n) is 5.36. The van der Waals surface area contributed by atoms with Gasteiger partial charge in [-0.1, -0.05) is 18.2 Å². The summed E-state index contributed by atoms with van der Waals surface area (Å²) in [6.07, 6.45) is 1.19. The van der Waals surface area contributed by atoms with Gasteiger partial charge in [0.15, 0.2) is 0 Å². The highest BCUT2D eigenvalue weighted by atomic mass is 32.1. The predicted octanol–water partition coefficient (Wildman–Crippen LogP) is 3.61. The van der Waals surface area contributed by atoms with Gasteiger partial charge in [0.05, 0.1) is 5.69 Å². The molecule has 4 heteroatoms. The Hall–Kier alpha value is -1.65. The number of hydrogen-bond donors (Lipinski definition) is 1. The van der Waals surface area contributed by atoms with Crippen LogP contribution in [-0.2, 0) is 0 Å². The molecule has 1 atom stereocenters. The van der Waals surface area contributed by atoms with Crippen molar-refractivity contribution in [2.45, 2.75) is 13.0 Å². The van der Waals surface area contributed by atoms with Gasteiger partial charge >= 0.3 is 0 Å². The molecule has 17 heavy (non-hydrogen) atoms. The highest BCUT2D eigenvalue weighted by molar-refractivity contribution is 7.10. The van der Waals surface area contributed by atoms with Gasteiger partial charge in [-0.2, -0.15) is 0 Å². The molecule has 3 aromatic rings. The first kappa shape index (κ1) is 10.5. The lowest BCUT2D eigenvalue weighted by molar-refractivity contribution is 0.199. The van der Waals surface area contributed by atoms with E-state index < -0.39 is 6.10 Å². The van der Waals surface area contributed by atoms with Gasteiger partial charge in [-0.15, -0.1) is 11.3 Å². The van der Waals surface area contributed by atoms with E-state index in [1.54, 1.807) is 13.2 Å². The standard InChI is InChI=1S/C13H11NO2S/c1-8(15)13-14-11(7-17-13)10-6-16-12-5-3-2-4-9(10)12/h2-8,15H,1H3. The Kier molecular flexibility index (Phi) is 2.46. The zero-order chi connectivity index (χ0) is 11.8. The smallest absolute Gasteiger partial charge is 0.134 e. The van der Waals surface area contributed by atoms with Crippen LogP contribution < -0.4 is 0 Å². The van der Waals surface area contributed by atoms with Crippen LogP contribution in [0.5, 0.6) is 0 Å². The number of aliphatic hydroxyl groups excluding tert-OH is 1. The number of para-hydroxylation sites is 1. The molecule has 1 unspecified atom stereocenters. The molecule has 86 valence electrons. The number of nitrogens with zero attached hydrogens (tertiary/aromatic N) is 1. The summed E-state index contributed by atoms with van der Waals surface area (Å²) in [6.45, 7) is 1.72. The Labute approximate surface area is 102 Å². The third-order valence-corrected chi connectivity index (χ3v) is 3.65. The van der Waals surface area contributed by atoms with Crippen molar-refractivity contribution in [3.05, 3.63) is 40.9 Å². The van der Waals surface area contributed by atoms with Crippen LogP contribution in [0.2, 0.25) is 0 Å². The fourth-order valence-electron chi connectivity index (χ4n) is 1.78. The average Bonchev–Trinajstić information content (AvgIpc) is 2.95. The quantitative estimate of drug-likeness (QED) is 0.750. The number of aliphatic hydroxyl groups is 1. The van der Waals surface area contributed by atoms with Gasteiger partial charge in [-0.05, 0) is 13.0 Å². The summed E-state index contributed by atoms with van der Waals surface area (Å²) in [6, 6.07) is 7.86. The van der Waals surface area contributed by atoms with Crippen LogP contribution in [0.25, 0.3) is 22.2 Å².